The molecule has 1 aliphatic carbocycles. The van der Waals surface area contributed by atoms with Gasteiger partial charge in [-0.15, -0.1) is 0 Å². The summed E-state index contributed by atoms with van der Waals surface area (Å²) in [4.78, 5) is 23.3. The Morgan fingerprint density at radius 3 is 2.41 bits per heavy atom. The van der Waals surface area contributed by atoms with Crippen molar-refractivity contribution in [1.82, 2.24) is 0 Å². The quantitative estimate of drug-likeness (QED) is 0.326. The molecule has 1 saturated carbocycles. The Balaban J connectivity index is 2.59. The Bertz CT molecular complexity index is 486. The van der Waals surface area contributed by atoms with Crippen LogP contribution < -0.4 is 0 Å². The molecule has 29 heavy (non-hydrogen) atoms. The van der Waals surface area contributed by atoms with E-state index in [0.717, 1.165) is 57.8 Å². The number of Topliss-reactive ketones (excluding diaryl/α,β-unsaturated/α-hetero) is 1. The first kappa shape index (κ1) is 26.1. The summed E-state index contributed by atoms with van der Waals surface area (Å²) >= 11 is 0. The monoisotopic (exact) mass is 412 g/mol. The van der Waals surface area contributed by atoms with Crippen LogP contribution in [0.1, 0.15) is 111 Å². The van der Waals surface area contributed by atoms with E-state index in [1.807, 2.05) is 20.8 Å². The Morgan fingerprint density at radius 1 is 1.10 bits per heavy atom. The van der Waals surface area contributed by atoms with Crippen LogP contribution in [0.4, 0.5) is 0 Å². The number of ether oxygens (including phenoxy) is 1. The molecule has 0 aliphatic heterocycles. The van der Waals surface area contributed by atoms with Crippen LogP contribution in [0.15, 0.2) is 0 Å². The molecule has 1 unspecified atom stereocenters. The molecule has 5 nitrogen and oxygen atoms in total. The maximum Gasteiger partial charge on any atom is 0.303 e. The van der Waals surface area contributed by atoms with E-state index in [0.29, 0.717) is 25.0 Å². The summed E-state index contributed by atoms with van der Waals surface area (Å²) in [7, 11) is 0. The molecule has 0 spiro atoms. The van der Waals surface area contributed by atoms with Crippen LogP contribution in [0.2, 0.25) is 0 Å². The summed E-state index contributed by atoms with van der Waals surface area (Å²) in [6.45, 7) is 8.12. The lowest BCUT2D eigenvalue weighted by Crippen LogP contribution is -2.30. The first-order valence-electron chi connectivity index (χ1n) is 11.8. The van der Waals surface area contributed by atoms with Crippen LogP contribution in [-0.2, 0) is 14.3 Å². The summed E-state index contributed by atoms with van der Waals surface area (Å²) in [5.41, 5.74) is -0.676. The fourth-order valence-electron chi connectivity index (χ4n) is 4.61. The van der Waals surface area contributed by atoms with Crippen LogP contribution in [0.25, 0.3) is 0 Å². The number of hydrogen-bond donors (Lipinski definition) is 2. The molecule has 1 rings (SSSR count). The highest BCUT2D eigenvalue weighted by Crippen LogP contribution is 2.40. The highest BCUT2D eigenvalue weighted by molar-refractivity contribution is 5.84. The van der Waals surface area contributed by atoms with E-state index in [2.05, 4.69) is 6.92 Å². The maximum atomic E-state index is 12.7. The number of carboxylic acid groups (broad SMARTS) is 1. The molecule has 0 aromatic carbocycles. The minimum Gasteiger partial charge on any atom is -0.481 e. The third-order valence-electron chi connectivity index (χ3n) is 6.25. The number of hydrogen-bond acceptors (Lipinski definition) is 4. The lowest BCUT2D eigenvalue weighted by Gasteiger charge is -2.30. The molecule has 0 aromatic heterocycles. The van der Waals surface area contributed by atoms with E-state index in [1.165, 1.54) is 0 Å². The number of aliphatic hydroxyl groups is 1. The molecule has 0 bridgehead atoms. The molecule has 0 aromatic rings. The van der Waals surface area contributed by atoms with Gasteiger partial charge in [0.1, 0.15) is 5.78 Å². The number of aliphatic carboxylic acids is 1. The topological polar surface area (TPSA) is 83.8 Å². The van der Waals surface area contributed by atoms with Gasteiger partial charge >= 0.3 is 5.97 Å². The molecule has 4 atom stereocenters. The van der Waals surface area contributed by atoms with Gasteiger partial charge in [-0.05, 0) is 58.8 Å². The summed E-state index contributed by atoms with van der Waals surface area (Å²) in [5, 5.41) is 19.5. The normalized spacial score (nSPS) is 24.2. The van der Waals surface area contributed by atoms with Gasteiger partial charge < -0.3 is 14.9 Å². The van der Waals surface area contributed by atoms with Crippen molar-refractivity contribution in [1.29, 1.82) is 0 Å². The smallest absolute Gasteiger partial charge is 0.303 e. The lowest BCUT2D eigenvalue weighted by atomic mass is 9.82. The SMILES string of the molecule is CCCCCC(C)(O)CC[C@H]1[C@H](OC(C)C)CC(=O)[C@@H]1CCCCCCC(=O)O. The van der Waals surface area contributed by atoms with Crippen LogP contribution in [0.3, 0.4) is 0 Å². The second kappa shape index (κ2) is 13.4. The molecule has 2 N–H and O–H groups in total. The van der Waals surface area contributed by atoms with Crippen LogP contribution in [0.5, 0.6) is 0 Å². The molecule has 0 radical (unpaired) electrons. The molecule has 0 heterocycles. The Kier molecular flexibility index (Phi) is 12.0. The number of carbonyl (C=O) groups is 2. The molecule has 1 aliphatic rings. The van der Waals surface area contributed by atoms with E-state index >= 15 is 0 Å². The third-order valence-corrected chi connectivity index (χ3v) is 6.25. The van der Waals surface area contributed by atoms with Crippen LogP contribution in [-0.4, -0.2) is 39.8 Å². The second-order valence-corrected chi connectivity index (χ2v) is 9.50. The molecule has 0 amide bonds. The first-order valence-corrected chi connectivity index (χ1v) is 11.8. The van der Waals surface area contributed by atoms with Gasteiger partial charge in [-0.1, -0.05) is 45.4 Å². The first-order chi connectivity index (χ1) is 13.7. The predicted octanol–water partition coefficient (Wildman–Crippen LogP) is 5.52. The highest BCUT2D eigenvalue weighted by Gasteiger charge is 2.43. The predicted molar refractivity (Wildman–Crippen MR) is 116 cm³/mol. The van der Waals surface area contributed by atoms with E-state index in [-0.39, 0.29) is 30.5 Å². The van der Waals surface area contributed by atoms with Gasteiger partial charge in [0.2, 0.25) is 0 Å². The van der Waals surface area contributed by atoms with E-state index in [9.17, 15) is 14.7 Å². The van der Waals surface area contributed by atoms with E-state index in [4.69, 9.17) is 9.84 Å². The average Bonchev–Trinajstić information content (AvgIpc) is 2.90. The average molecular weight is 413 g/mol. The van der Waals surface area contributed by atoms with Crippen molar-refractivity contribution in [2.24, 2.45) is 11.8 Å². The number of rotatable bonds is 16. The van der Waals surface area contributed by atoms with Gasteiger partial charge in [-0.2, -0.15) is 0 Å². The number of carbonyl (C=O) groups excluding carboxylic acids is 1. The minimum absolute atomic E-state index is 0.0182. The van der Waals surface area contributed by atoms with Crippen molar-refractivity contribution in [2.75, 3.05) is 0 Å². The molecular weight excluding hydrogens is 368 g/mol. The molecule has 5 heteroatoms. The van der Waals surface area contributed by atoms with Crippen molar-refractivity contribution in [2.45, 2.75) is 129 Å². The number of unbranched alkanes of at least 4 members (excludes halogenated alkanes) is 5. The van der Waals surface area contributed by atoms with Gasteiger partial charge in [-0.25, -0.2) is 0 Å². The van der Waals surface area contributed by atoms with Gasteiger partial charge in [0.15, 0.2) is 0 Å². The summed E-state index contributed by atoms with van der Waals surface area (Å²) in [6.07, 6.45) is 10.8. The van der Waals surface area contributed by atoms with Crippen molar-refractivity contribution in [3.63, 3.8) is 0 Å². The van der Waals surface area contributed by atoms with Gasteiger partial charge in [-0.3, -0.25) is 9.59 Å². The van der Waals surface area contributed by atoms with Crippen molar-refractivity contribution >= 4 is 11.8 Å². The second-order valence-electron chi connectivity index (χ2n) is 9.50. The Labute approximate surface area is 177 Å². The number of ketones is 1. The minimum atomic E-state index is -0.740. The Morgan fingerprint density at radius 2 is 1.79 bits per heavy atom. The van der Waals surface area contributed by atoms with Gasteiger partial charge in [0.05, 0.1) is 17.8 Å². The van der Waals surface area contributed by atoms with Crippen molar-refractivity contribution in [3.05, 3.63) is 0 Å². The zero-order valence-electron chi connectivity index (χ0n) is 19.1. The molecule has 170 valence electrons. The van der Waals surface area contributed by atoms with E-state index in [1.54, 1.807) is 0 Å². The van der Waals surface area contributed by atoms with Crippen LogP contribution >= 0.6 is 0 Å². The van der Waals surface area contributed by atoms with Gasteiger partial charge in [0, 0.05) is 18.8 Å². The van der Waals surface area contributed by atoms with Crippen LogP contribution in [0, 0.1) is 11.8 Å². The zero-order chi connectivity index (χ0) is 21.9. The zero-order valence-corrected chi connectivity index (χ0v) is 19.1. The summed E-state index contributed by atoms with van der Waals surface area (Å²) in [6, 6.07) is 0. The van der Waals surface area contributed by atoms with Crippen molar-refractivity contribution in [3.8, 4) is 0 Å². The fourth-order valence-corrected chi connectivity index (χ4v) is 4.61. The third kappa shape index (κ3) is 10.6. The summed E-state index contributed by atoms with van der Waals surface area (Å²) in [5.74, 6) is -0.237. The maximum absolute atomic E-state index is 12.7. The van der Waals surface area contributed by atoms with Crippen molar-refractivity contribution < 1.29 is 24.5 Å². The Hall–Kier alpha value is -0.940. The fraction of sp³-hybridized carbons (Fsp3) is 0.917. The van der Waals surface area contributed by atoms with Gasteiger partial charge in [0.25, 0.3) is 0 Å². The molecule has 0 saturated heterocycles. The lowest BCUT2D eigenvalue weighted by molar-refractivity contribution is -0.137. The molecule has 1 fully saturated rings. The highest BCUT2D eigenvalue weighted by atomic mass is 16.5. The molecular formula is C24H44O5. The number of carboxylic acids is 1. The largest absolute Gasteiger partial charge is 0.481 e. The van der Waals surface area contributed by atoms with E-state index < -0.39 is 11.6 Å². The summed E-state index contributed by atoms with van der Waals surface area (Å²) < 4.78 is 6.09. The standard InChI is InChI=1S/C24H44O5/c1-5-6-11-15-24(4,28)16-14-20-19(12-9-7-8-10-13-23(26)27)21(25)17-22(20)29-18(2)3/h18-20,22,28H,5-17H2,1-4H3,(H,26,27)/t19-,20-,22-,24?/m1/s1.